The molecule has 18 heavy (non-hydrogen) atoms. The van der Waals surface area contributed by atoms with E-state index in [0.717, 1.165) is 0 Å². The van der Waals surface area contributed by atoms with Crippen molar-refractivity contribution in [2.24, 2.45) is 13.0 Å². The maximum atomic E-state index is 12.4. The zero-order chi connectivity index (χ0) is 13.5. The maximum Gasteiger partial charge on any atom is 0.263 e. The largest absolute Gasteiger partial charge is 0.393 e. The maximum absolute atomic E-state index is 12.4. The minimum Gasteiger partial charge on any atom is -0.393 e. The number of imidazole rings is 1. The SMILES string of the molecule is CC1CN(S(=O)(=O)c2ncn(C)c2Cl)CCC1O. The standard InChI is InChI=1S/C10H16ClN3O3S/c1-7-5-14(4-3-8(7)15)18(16,17)10-9(11)13(2)6-12-10/h6-8,15H,3-5H2,1-2H3. The van der Waals surface area contributed by atoms with E-state index in [1.165, 1.54) is 15.2 Å². The van der Waals surface area contributed by atoms with E-state index in [-0.39, 0.29) is 22.6 Å². The molecule has 0 aliphatic carbocycles. The number of hydrogen-bond acceptors (Lipinski definition) is 4. The van der Waals surface area contributed by atoms with Crippen LogP contribution in [0.5, 0.6) is 0 Å². The Bertz CT molecular complexity index is 543. The summed E-state index contributed by atoms with van der Waals surface area (Å²) in [5, 5.41) is 9.61. The third-order valence-electron chi connectivity index (χ3n) is 3.24. The van der Waals surface area contributed by atoms with Crippen LogP contribution in [0.4, 0.5) is 0 Å². The lowest BCUT2D eigenvalue weighted by atomic mass is 9.99. The van der Waals surface area contributed by atoms with Crippen LogP contribution >= 0.6 is 11.6 Å². The van der Waals surface area contributed by atoms with Crippen molar-refractivity contribution in [1.82, 2.24) is 13.9 Å². The van der Waals surface area contributed by atoms with Gasteiger partial charge >= 0.3 is 0 Å². The lowest BCUT2D eigenvalue weighted by Crippen LogP contribution is -2.45. The molecule has 1 fully saturated rings. The van der Waals surface area contributed by atoms with Crippen LogP contribution in [0.2, 0.25) is 5.15 Å². The molecule has 6 nitrogen and oxygen atoms in total. The summed E-state index contributed by atoms with van der Waals surface area (Å²) in [5.41, 5.74) is 0. The van der Waals surface area contributed by atoms with Crippen molar-refractivity contribution in [3.05, 3.63) is 11.5 Å². The van der Waals surface area contributed by atoms with Gasteiger partial charge in [-0.3, -0.25) is 0 Å². The fraction of sp³-hybridized carbons (Fsp3) is 0.700. The molecular weight excluding hydrogens is 278 g/mol. The van der Waals surface area contributed by atoms with Gasteiger partial charge in [-0.15, -0.1) is 0 Å². The van der Waals surface area contributed by atoms with Crippen LogP contribution in [0.15, 0.2) is 11.4 Å². The van der Waals surface area contributed by atoms with Crippen LogP contribution in [-0.2, 0) is 17.1 Å². The van der Waals surface area contributed by atoms with Crippen molar-refractivity contribution in [2.75, 3.05) is 13.1 Å². The summed E-state index contributed by atoms with van der Waals surface area (Å²) in [4.78, 5) is 3.85. The van der Waals surface area contributed by atoms with Crippen molar-refractivity contribution >= 4 is 21.6 Å². The molecule has 0 bridgehead atoms. The fourth-order valence-corrected chi connectivity index (χ4v) is 3.95. The number of rotatable bonds is 2. The second-order valence-corrected chi connectivity index (χ2v) is 6.86. The molecule has 1 N–H and O–H groups in total. The van der Waals surface area contributed by atoms with E-state index in [2.05, 4.69) is 4.98 Å². The van der Waals surface area contributed by atoms with Gasteiger partial charge in [-0.1, -0.05) is 18.5 Å². The number of aliphatic hydroxyl groups is 1. The first-order chi connectivity index (χ1) is 8.34. The minimum atomic E-state index is -3.67. The van der Waals surface area contributed by atoms with E-state index in [1.807, 2.05) is 6.92 Å². The molecule has 1 aromatic rings. The molecule has 0 radical (unpaired) electrons. The number of aliphatic hydroxyl groups excluding tert-OH is 1. The van der Waals surface area contributed by atoms with Gasteiger partial charge in [-0.25, -0.2) is 13.4 Å². The third kappa shape index (κ3) is 2.27. The van der Waals surface area contributed by atoms with Crippen molar-refractivity contribution in [2.45, 2.75) is 24.5 Å². The summed E-state index contributed by atoms with van der Waals surface area (Å²) in [6.07, 6.45) is 1.36. The first-order valence-corrected chi connectivity index (χ1v) is 7.51. The number of piperidine rings is 1. The Kier molecular flexibility index (Phi) is 3.68. The first-order valence-electron chi connectivity index (χ1n) is 5.69. The highest BCUT2D eigenvalue weighted by atomic mass is 35.5. The number of halogens is 1. The zero-order valence-electron chi connectivity index (χ0n) is 10.2. The van der Waals surface area contributed by atoms with Crippen molar-refractivity contribution in [1.29, 1.82) is 0 Å². The molecule has 0 spiro atoms. The summed E-state index contributed by atoms with van der Waals surface area (Å²) in [5.74, 6) is -0.0870. The van der Waals surface area contributed by atoms with Crippen LogP contribution in [0, 0.1) is 5.92 Å². The van der Waals surface area contributed by atoms with Crippen LogP contribution in [0.25, 0.3) is 0 Å². The summed E-state index contributed by atoms with van der Waals surface area (Å²) < 4.78 is 27.5. The zero-order valence-corrected chi connectivity index (χ0v) is 11.8. The molecule has 2 atom stereocenters. The number of sulfonamides is 1. The van der Waals surface area contributed by atoms with E-state index >= 15 is 0 Å². The fourth-order valence-electron chi connectivity index (χ4n) is 2.00. The lowest BCUT2D eigenvalue weighted by Gasteiger charge is -2.32. The first kappa shape index (κ1) is 13.8. The molecule has 0 aromatic carbocycles. The molecule has 1 aliphatic rings. The molecule has 2 heterocycles. The van der Waals surface area contributed by atoms with Gasteiger partial charge in [0.15, 0.2) is 0 Å². The molecule has 0 saturated carbocycles. The van der Waals surface area contributed by atoms with E-state index < -0.39 is 16.1 Å². The van der Waals surface area contributed by atoms with Crippen LogP contribution in [-0.4, -0.2) is 46.6 Å². The molecule has 1 aliphatic heterocycles. The number of nitrogens with zero attached hydrogens (tertiary/aromatic N) is 3. The van der Waals surface area contributed by atoms with Crippen LogP contribution < -0.4 is 0 Å². The summed E-state index contributed by atoms with van der Waals surface area (Å²) in [7, 11) is -2.03. The second-order valence-electron chi connectivity index (χ2n) is 4.65. The van der Waals surface area contributed by atoms with Gasteiger partial charge in [0, 0.05) is 20.1 Å². The van der Waals surface area contributed by atoms with Crippen molar-refractivity contribution in [3.63, 3.8) is 0 Å². The Morgan fingerprint density at radius 2 is 2.22 bits per heavy atom. The van der Waals surface area contributed by atoms with Crippen LogP contribution in [0.1, 0.15) is 13.3 Å². The Labute approximate surface area is 111 Å². The summed E-state index contributed by atoms with van der Waals surface area (Å²) in [6.45, 7) is 2.41. The van der Waals surface area contributed by atoms with E-state index in [1.54, 1.807) is 7.05 Å². The molecule has 1 aromatic heterocycles. The quantitative estimate of drug-likeness (QED) is 0.860. The molecule has 102 valence electrons. The lowest BCUT2D eigenvalue weighted by molar-refractivity contribution is 0.0628. The topological polar surface area (TPSA) is 75.4 Å². The average Bonchev–Trinajstić information content (AvgIpc) is 2.64. The summed E-state index contributed by atoms with van der Waals surface area (Å²) >= 11 is 5.92. The van der Waals surface area contributed by atoms with Crippen molar-refractivity contribution in [3.8, 4) is 0 Å². The average molecular weight is 294 g/mol. The minimum absolute atomic E-state index is 0.0870. The predicted octanol–water partition coefficient (Wildman–Crippen LogP) is 0.465. The van der Waals surface area contributed by atoms with Gasteiger partial charge in [0.25, 0.3) is 10.0 Å². The highest BCUT2D eigenvalue weighted by molar-refractivity contribution is 7.89. The van der Waals surface area contributed by atoms with Gasteiger partial charge in [0.2, 0.25) is 5.03 Å². The summed E-state index contributed by atoms with van der Waals surface area (Å²) in [6, 6.07) is 0. The molecule has 1 saturated heterocycles. The second kappa shape index (κ2) is 4.80. The Balaban J connectivity index is 2.30. The van der Waals surface area contributed by atoms with E-state index in [0.29, 0.717) is 13.0 Å². The Morgan fingerprint density at radius 3 is 2.72 bits per heavy atom. The normalized spacial score (nSPS) is 26.4. The smallest absolute Gasteiger partial charge is 0.263 e. The molecular formula is C10H16ClN3O3S. The van der Waals surface area contributed by atoms with Gasteiger partial charge in [-0.2, -0.15) is 4.31 Å². The number of aromatic nitrogens is 2. The van der Waals surface area contributed by atoms with E-state index in [4.69, 9.17) is 11.6 Å². The predicted molar refractivity (Wildman–Crippen MR) is 66.8 cm³/mol. The molecule has 8 heteroatoms. The monoisotopic (exact) mass is 293 g/mol. The van der Waals surface area contributed by atoms with Crippen LogP contribution in [0.3, 0.4) is 0 Å². The van der Waals surface area contributed by atoms with Crippen molar-refractivity contribution < 1.29 is 13.5 Å². The number of aryl methyl sites for hydroxylation is 1. The Hall–Kier alpha value is -0.630. The molecule has 2 rings (SSSR count). The van der Waals surface area contributed by atoms with Gasteiger partial charge in [0.1, 0.15) is 5.15 Å². The Morgan fingerprint density at radius 1 is 1.56 bits per heavy atom. The van der Waals surface area contributed by atoms with E-state index in [9.17, 15) is 13.5 Å². The van der Waals surface area contributed by atoms with Gasteiger partial charge in [-0.05, 0) is 12.3 Å². The molecule has 0 amide bonds. The molecule has 2 unspecified atom stereocenters. The van der Waals surface area contributed by atoms with Gasteiger partial charge in [0.05, 0.1) is 12.4 Å². The highest BCUT2D eigenvalue weighted by Crippen LogP contribution is 2.26. The van der Waals surface area contributed by atoms with Gasteiger partial charge < -0.3 is 9.67 Å². The highest BCUT2D eigenvalue weighted by Gasteiger charge is 2.35. The third-order valence-corrected chi connectivity index (χ3v) is 5.60. The number of hydrogen-bond donors (Lipinski definition) is 1.